The highest BCUT2D eigenvalue weighted by atomic mass is 32.2. The first-order chi connectivity index (χ1) is 13.9. The van der Waals surface area contributed by atoms with Gasteiger partial charge in [-0.05, 0) is 35.3 Å². The molecular weight excluding hydrogens is 408 g/mol. The molecule has 1 N–H and O–H groups in total. The van der Waals surface area contributed by atoms with Crippen molar-refractivity contribution in [3.05, 3.63) is 48.0 Å². The van der Waals surface area contributed by atoms with E-state index in [4.69, 9.17) is 4.52 Å². The molecule has 0 aliphatic rings. The Morgan fingerprint density at radius 2 is 1.97 bits per heavy atom. The predicted molar refractivity (Wildman–Crippen MR) is 115 cm³/mol. The zero-order chi connectivity index (χ0) is 20.5. The van der Waals surface area contributed by atoms with E-state index in [1.54, 1.807) is 35.2 Å². The third-order valence-corrected chi connectivity index (χ3v) is 5.35. The number of thiazole rings is 1. The molecule has 0 saturated carbocycles. The molecule has 0 fully saturated rings. The highest BCUT2D eigenvalue weighted by molar-refractivity contribution is 7.82. The number of pyridine rings is 1. The average molecular weight is 427 g/mol. The number of amides is 1. The van der Waals surface area contributed by atoms with Crippen LogP contribution in [0.4, 0.5) is 5.82 Å². The molecule has 4 aromatic rings. The van der Waals surface area contributed by atoms with E-state index in [1.807, 2.05) is 6.07 Å². The van der Waals surface area contributed by atoms with Crippen LogP contribution in [0.1, 0.15) is 24.2 Å². The standard InChI is InChI=1S/C20H18N4O3S2/c1-11(2)10-24(16-8-7-14-18(22-16)29-20(28)21-14)19(26)13-5-3-12(4-6-13)15-9-17(25)23-27-15/h3-9,11H,10H2,1-2H3,(H,21,28)(H,23,25). The molecule has 0 bridgehead atoms. The number of carbonyl (C=O) groups excluding carboxylic acids is 1. The Bertz CT molecular complexity index is 1170. The Balaban J connectivity index is 1.65. The molecule has 0 atom stereocenters. The summed E-state index contributed by atoms with van der Waals surface area (Å²) in [5, 5.41) is 12.8. The zero-order valence-electron chi connectivity index (χ0n) is 15.7. The van der Waals surface area contributed by atoms with Crippen LogP contribution in [0.25, 0.3) is 21.7 Å². The number of fused-ring (bicyclic) bond motifs is 1. The van der Waals surface area contributed by atoms with E-state index in [0.29, 0.717) is 28.0 Å². The zero-order valence-corrected chi connectivity index (χ0v) is 17.4. The van der Waals surface area contributed by atoms with Gasteiger partial charge in [0.05, 0.1) is 0 Å². The van der Waals surface area contributed by atoms with Crippen molar-refractivity contribution in [1.29, 1.82) is 0 Å². The summed E-state index contributed by atoms with van der Waals surface area (Å²) in [5.74, 6) is 0.943. The molecular formula is C20H18N4O3S2. The molecule has 3 aromatic heterocycles. The summed E-state index contributed by atoms with van der Waals surface area (Å²) in [6.45, 7) is 4.63. The predicted octanol–water partition coefficient (Wildman–Crippen LogP) is 4.64. The van der Waals surface area contributed by atoms with Crippen molar-refractivity contribution in [3.63, 3.8) is 0 Å². The lowest BCUT2D eigenvalue weighted by Gasteiger charge is -2.24. The molecule has 29 heavy (non-hydrogen) atoms. The number of aromatic nitrogens is 3. The summed E-state index contributed by atoms with van der Waals surface area (Å²) in [4.78, 5) is 24.6. The van der Waals surface area contributed by atoms with Gasteiger partial charge < -0.3 is 9.63 Å². The van der Waals surface area contributed by atoms with Crippen molar-refractivity contribution in [2.75, 3.05) is 11.4 Å². The van der Waals surface area contributed by atoms with Crippen molar-refractivity contribution in [2.24, 2.45) is 5.92 Å². The normalized spacial score (nSPS) is 11.3. The highest BCUT2D eigenvalue weighted by Gasteiger charge is 2.21. The number of benzene rings is 1. The second-order valence-electron chi connectivity index (χ2n) is 6.93. The minimum Gasteiger partial charge on any atom is -0.491 e. The Hall–Kier alpha value is -2.91. The molecule has 0 saturated heterocycles. The molecule has 0 radical (unpaired) electrons. The number of thiol groups is 1. The fraction of sp³-hybridized carbons (Fsp3) is 0.200. The third kappa shape index (κ3) is 4.10. The number of anilines is 1. The van der Waals surface area contributed by atoms with Crippen LogP contribution in [0.3, 0.4) is 0 Å². The molecule has 4 rings (SSSR count). The Morgan fingerprint density at radius 1 is 1.21 bits per heavy atom. The van der Waals surface area contributed by atoms with Gasteiger partial charge >= 0.3 is 0 Å². The first-order valence-corrected chi connectivity index (χ1v) is 10.2. The lowest BCUT2D eigenvalue weighted by Crippen LogP contribution is -2.34. The molecule has 0 unspecified atom stereocenters. The third-order valence-electron chi connectivity index (χ3n) is 4.21. The van der Waals surface area contributed by atoms with Gasteiger partial charge in [0, 0.05) is 23.7 Å². The number of carbonyl (C=O) groups is 1. The maximum atomic E-state index is 13.3. The topological polar surface area (TPSA) is 92.4 Å². The van der Waals surface area contributed by atoms with Gasteiger partial charge in [0.1, 0.15) is 20.5 Å². The largest absolute Gasteiger partial charge is 0.491 e. The van der Waals surface area contributed by atoms with E-state index >= 15 is 0 Å². The Kier molecular flexibility index (Phi) is 5.25. The van der Waals surface area contributed by atoms with Gasteiger partial charge in [-0.15, -0.1) is 12.6 Å². The summed E-state index contributed by atoms with van der Waals surface area (Å²) in [7, 11) is 0. The van der Waals surface area contributed by atoms with Crippen LogP contribution >= 0.6 is 24.0 Å². The molecule has 0 spiro atoms. The number of hydrogen-bond acceptors (Lipinski definition) is 8. The molecule has 1 aromatic carbocycles. The van der Waals surface area contributed by atoms with Crippen molar-refractivity contribution in [3.8, 4) is 17.2 Å². The minimum atomic E-state index is -0.183. The van der Waals surface area contributed by atoms with Crippen LogP contribution in [-0.4, -0.2) is 32.7 Å². The smallest absolute Gasteiger partial charge is 0.259 e. The van der Waals surface area contributed by atoms with E-state index in [2.05, 4.69) is 41.6 Å². The van der Waals surface area contributed by atoms with Crippen LogP contribution in [0, 0.1) is 5.92 Å². The molecule has 0 aliphatic carbocycles. The average Bonchev–Trinajstić information content (AvgIpc) is 3.29. The first kappa shape index (κ1) is 19.4. The number of hydrogen-bond donors (Lipinski definition) is 2. The second-order valence-corrected chi connectivity index (χ2v) is 8.63. The molecule has 1 amide bonds. The fourth-order valence-electron chi connectivity index (χ4n) is 2.93. The van der Waals surface area contributed by atoms with Crippen LogP contribution in [0.5, 0.6) is 5.88 Å². The first-order valence-electron chi connectivity index (χ1n) is 8.95. The van der Waals surface area contributed by atoms with E-state index in [0.717, 1.165) is 15.9 Å². The minimum absolute atomic E-state index is 0.145. The lowest BCUT2D eigenvalue weighted by atomic mass is 10.1. The van der Waals surface area contributed by atoms with Gasteiger partial charge in [0.15, 0.2) is 5.76 Å². The van der Waals surface area contributed by atoms with Gasteiger partial charge in [-0.2, -0.15) is 0 Å². The SMILES string of the molecule is CC(C)CN(C(=O)c1ccc(-c2cc(O)no2)cc1)c1ccc2nc(S)sc2n1. The fourth-order valence-corrected chi connectivity index (χ4v) is 3.97. The summed E-state index contributed by atoms with van der Waals surface area (Å²) in [6.07, 6.45) is 0. The van der Waals surface area contributed by atoms with Gasteiger partial charge in [-0.25, -0.2) is 9.97 Å². The molecule has 3 heterocycles. The molecule has 9 heteroatoms. The van der Waals surface area contributed by atoms with Crippen LogP contribution in [0.15, 0.2) is 51.3 Å². The summed E-state index contributed by atoms with van der Waals surface area (Å²) >= 11 is 5.66. The van der Waals surface area contributed by atoms with Crippen molar-refractivity contribution >= 4 is 46.0 Å². The van der Waals surface area contributed by atoms with Crippen LogP contribution in [0.2, 0.25) is 0 Å². The molecule has 148 valence electrons. The van der Waals surface area contributed by atoms with E-state index in [1.165, 1.54) is 17.4 Å². The summed E-state index contributed by atoms with van der Waals surface area (Å²) in [6, 6.07) is 12.0. The van der Waals surface area contributed by atoms with E-state index in [-0.39, 0.29) is 17.7 Å². The van der Waals surface area contributed by atoms with Crippen molar-refractivity contribution in [1.82, 2.24) is 15.1 Å². The van der Waals surface area contributed by atoms with Crippen molar-refractivity contribution in [2.45, 2.75) is 18.2 Å². The quantitative estimate of drug-likeness (QED) is 0.452. The van der Waals surface area contributed by atoms with Gasteiger partial charge in [-0.1, -0.05) is 37.3 Å². The maximum Gasteiger partial charge on any atom is 0.259 e. The number of aromatic hydroxyl groups is 1. The van der Waals surface area contributed by atoms with E-state index in [9.17, 15) is 9.90 Å². The monoisotopic (exact) mass is 426 g/mol. The summed E-state index contributed by atoms with van der Waals surface area (Å²) < 4.78 is 5.69. The second kappa shape index (κ2) is 7.84. The van der Waals surface area contributed by atoms with Crippen LogP contribution < -0.4 is 4.90 Å². The molecule has 0 aliphatic heterocycles. The highest BCUT2D eigenvalue weighted by Crippen LogP contribution is 2.27. The summed E-state index contributed by atoms with van der Waals surface area (Å²) in [5.41, 5.74) is 2.01. The van der Waals surface area contributed by atoms with Gasteiger partial charge in [0.2, 0.25) is 0 Å². The van der Waals surface area contributed by atoms with E-state index < -0.39 is 0 Å². The lowest BCUT2D eigenvalue weighted by molar-refractivity contribution is 0.0983. The van der Waals surface area contributed by atoms with Gasteiger partial charge in [0.25, 0.3) is 11.8 Å². The maximum absolute atomic E-state index is 13.3. The Morgan fingerprint density at radius 3 is 2.62 bits per heavy atom. The molecule has 7 nitrogen and oxygen atoms in total. The number of nitrogens with zero attached hydrogens (tertiary/aromatic N) is 4. The Labute approximate surface area is 176 Å². The van der Waals surface area contributed by atoms with Crippen LogP contribution in [-0.2, 0) is 0 Å². The van der Waals surface area contributed by atoms with Gasteiger partial charge in [-0.3, -0.25) is 9.69 Å². The van der Waals surface area contributed by atoms with Crippen molar-refractivity contribution < 1.29 is 14.4 Å². The number of rotatable bonds is 5.